The molecular formula is C16H13FN2O3S. The third-order valence-electron chi connectivity index (χ3n) is 3.41. The molecule has 1 heterocycles. The number of hydrogen-bond acceptors (Lipinski definition) is 4. The molecule has 0 radical (unpaired) electrons. The largest absolute Gasteiger partial charge is 0.506 e. The minimum atomic E-state index is -3.89. The Balaban J connectivity index is 1.98. The molecule has 2 N–H and O–H groups in total. The molecule has 2 aromatic carbocycles. The molecule has 0 aliphatic heterocycles. The zero-order valence-corrected chi connectivity index (χ0v) is 12.7. The lowest BCUT2D eigenvalue weighted by molar-refractivity contribution is 0.480. The molecular weight excluding hydrogens is 319 g/mol. The molecule has 0 unspecified atom stereocenters. The van der Waals surface area contributed by atoms with Crippen molar-refractivity contribution < 1.29 is 17.9 Å². The van der Waals surface area contributed by atoms with Gasteiger partial charge in [0.2, 0.25) is 10.0 Å². The molecule has 0 aliphatic carbocycles. The third kappa shape index (κ3) is 3.01. The average Bonchev–Trinajstić information content (AvgIpc) is 2.54. The number of phenols is 1. The fraction of sp³-hybridized carbons (Fsp3) is 0.0625. The molecule has 7 heteroatoms. The maximum absolute atomic E-state index is 13.6. The van der Waals surface area contributed by atoms with E-state index in [1.165, 1.54) is 36.5 Å². The van der Waals surface area contributed by atoms with E-state index in [0.29, 0.717) is 5.39 Å². The van der Waals surface area contributed by atoms with Crippen molar-refractivity contribution in [2.75, 3.05) is 0 Å². The first kappa shape index (κ1) is 15.4. The van der Waals surface area contributed by atoms with E-state index in [1.54, 1.807) is 18.2 Å². The third-order valence-corrected chi connectivity index (χ3v) is 4.87. The molecule has 0 fully saturated rings. The van der Waals surface area contributed by atoms with Gasteiger partial charge in [0.05, 0.1) is 4.90 Å². The summed E-state index contributed by atoms with van der Waals surface area (Å²) in [6.45, 7) is -0.169. The summed E-state index contributed by atoms with van der Waals surface area (Å²) in [6.07, 6.45) is 1.46. The van der Waals surface area contributed by atoms with Crippen LogP contribution in [0.5, 0.6) is 5.75 Å². The van der Waals surface area contributed by atoms with E-state index in [2.05, 4.69) is 9.71 Å². The van der Waals surface area contributed by atoms with E-state index >= 15 is 0 Å². The number of aromatic nitrogens is 1. The summed E-state index contributed by atoms with van der Waals surface area (Å²) in [5, 5.41) is 10.1. The number of benzene rings is 2. The van der Waals surface area contributed by atoms with E-state index in [-0.39, 0.29) is 28.3 Å². The molecule has 5 nitrogen and oxygen atoms in total. The number of halogens is 1. The lowest BCUT2D eigenvalue weighted by atomic mass is 10.2. The number of nitrogens with one attached hydrogen (secondary N) is 1. The Morgan fingerprint density at radius 2 is 1.87 bits per heavy atom. The Bertz CT molecular complexity index is 974. The maximum Gasteiger partial charge on any atom is 0.241 e. The smallest absolute Gasteiger partial charge is 0.241 e. The lowest BCUT2D eigenvalue weighted by Gasteiger charge is -2.10. The van der Waals surface area contributed by atoms with Crippen LogP contribution in [-0.4, -0.2) is 18.5 Å². The first-order valence-electron chi connectivity index (χ1n) is 6.79. The average molecular weight is 332 g/mol. The molecule has 0 amide bonds. The van der Waals surface area contributed by atoms with Gasteiger partial charge in [-0.3, -0.25) is 4.98 Å². The van der Waals surface area contributed by atoms with Gasteiger partial charge in [0.15, 0.2) is 0 Å². The maximum atomic E-state index is 13.6. The Morgan fingerprint density at radius 1 is 1.09 bits per heavy atom. The summed E-state index contributed by atoms with van der Waals surface area (Å²) in [7, 11) is -3.89. The van der Waals surface area contributed by atoms with E-state index in [9.17, 15) is 17.9 Å². The molecule has 0 aliphatic rings. The number of rotatable bonds is 4. The van der Waals surface area contributed by atoms with E-state index in [4.69, 9.17) is 0 Å². The SMILES string of the molecule is O=S(=O)(NCc1ccccc1F)c1ccc(O)c2ncccc12. The van der Waals surface area contributed by atoms with Gasteiger partial charge in [0, 0.05) is 23.7 Å². The molecule has 118 valence electrons. The molecule has 0 spiro atoms. The minimum Gasteiger partial charge on any atom is -0.506 e. The van der Waals surface area contributed by atoms with E-state index < -0.39 is 15.8 Å². The molecule has 3 aromatic rings. The van der Waals surface area contributed by atoms with Crippen LogP contribution in [0.2, 0.25) is 0 Å². The molecule has 1 aromatic heterocycles. The molecule has 23 heavy (non-hydrogen) atoms. The summed E-state index contributed by atoms with van der Waals surface area (Å²) in [6, 6.07) is 11.6. The van der Waals surface area contributed by atoms with Crippen LogP contribution in [-0.2, 0) is 16.6 Å². The number of fused-ring (bicyclic) bond motifs is 1. The van der Waals surface area contributed by atoms with Crippen LogP contribution in [0.25, 0.3) is 10.9 Å². The number of pyridine rings is 1. The van der Waals surface area contributed by atoms with Crippen LogP contribution in [0.15, 0.2) is 59.6 Å². The highest BCUT2D eigenvalue weighted by Crippen LogP contribution is 2.28. The highest BCUT2D eigenvalue weighted by molar-refractivity contribution is 7.89. The number of nitrogens with zero attached hydrogens (tertiary/aromatic N) is 1. The van der Waals surface area contributed by atoms with Gasteiger partial charge >= 0.3 is 0 Å². The summed E-state index contributed by atoms with van der Waals surface area (Å²) in [5.41, 5.74) is 0.443. The van der Waals surface area contributed by atoms with Crippen molar-refractivity contribution in [2.45, 2.75) is 11.4 Å². The van der Waals surface area contributed by atoms with Gasteiger partial charge in [-0.25, -0.2) is 17.5 Å². The van der Waals surface area contributed by atoms with E-state index in [0.717, 1.165) is 0 Å². The Kier molecular flexibility index (Phi) is 3.97. The molecule has 0 saturated heterocycles. The topological polar surface area (TPSA) is 79.3 Å². The zero-order valence-electron chi connectivity index (χ0n) is 11.9. The van der Waals surface area contributed by atoms with Gasteiger partial charge in [0.1, 0.15) is 17.1 Å². The second-order valence-corrected chi connectivity index (χ2v) is 6.63. The van der Waals surface area contributed by atoms with Crippen molar-refractivity contribution in [2.24, 2.45) is 0 Å². The molecule has 0 bridgehead atoms. The molecule has 0 atom stereocenters. The highest BCUT2D eigenvalue weighted by atomic mass is 32.2. The van der Waals surface area contributed by atoms with Gasteiger partial charge < -0.3 is 5.11 Å². The fourth-order valence-electron chi connectivity index (χ4n) is 2.26. The van der Waals surface area contributed by atoms with Crippen molar-refractivity contribution in [3.8, 4) is 5.75 Å². The first-order chi connectivity index (χ1) is 11.0. The minimum absolute atomic E-state index is 0.0188. The van der Waals surface area contributed by atoms with Crippen molar-refractivity contribution in [3.63, 3.8) is 0 Å². The van der Waals surface area contributed by atoms with Crippen LogP contribution >= 0.6 is 0 Å². The number of hydrogen-bond donors (Lipinski definition) is 2. The fourth-order valence-corrected chi connectivity index (χ4v) is 3.46. The summed E-state index contributed by atoms with van der Waals surface area (Å²) in [4.78, 5) is 3.97. The Labute approximate surface area is 132 Å². The van der Waals surface area contributed by atoms with Crippen molar-refractivity contribution >= 4 is 20.9 Å². The number of aromatic hydroxyl groups is 1. The zero-order chi connectivity index (χ0) is 16.4. The predicted molar refractivity (Wildman–Crippen MR) is 83.8 cm³/mol. The van der Waals surface area contributed by atoms with Gasteiger partial charge in [-0.05, 0) is 30.3 Å². The highest BCUT2D eigenvalue weighted by Gasteiger charge is 2.19. The van der Waals surface area contributed by atoms with E-state index in [1.807, 2.05) is 0 Å². The quantitative estimate of drug-likeness (QED) is 0.769. The summed E-state index contributed by atoms with van der Waals surface area (Å²) < 4.78 is 41.0. The second kappa shape index (κ2) is 5.94. The van der Waals surface area contributed by atoms with Gasteiger partial charge in [-0.1, -0.05) is 18.2 Å². The predicted octanol–water partition coefficient (Wildman–Crippen LogP) is 2.56. The molecule has 0 saturated carbocycles. The van der Waals surface area contributed by atoms with Crippen LogP contribution in [0, 0.1) is 5.82 Å². The van der Waals surface area contributed by atoms with Crippen molar-refractivity contribution in [1.82, 2.24) is 9.71 Å². The summed E-state index contributed by atoms with van der Waals surface area (Å²) >= 11 is 0. The van der Waals surface area contributed by atoms with Gasteiger partial charge in [0.25, 0.3) is 0 Å². The van der Waals surface area contributed by atoms with Crippen LogP contribution < -0.4 is 4.72 Å². The van der Waals surface area contributed by atoms with Crippen LogP contribution in [0.4, 0.5) is 4.39 Å². The summed E-state index contributed by atoms with van der Waals surface area (Å²) in [5.74, 6) is -0.582. The first-order valence-corrected chi connectivity index (χ1v) is 8.27. The number of phenolic OH excluding ortho intramolecular Hbond substituents is 1. The second-order valence-electron chi connectivity index (χ2n) is 4.90. The Hall–Kier alpha value is -2.51. The number of sulfonamides is 1. The molecule has 3 rings (SSSR count). The normalized spacial score (nSPS) is 11.7. The lowest BCUT2D eigenvalue weighted by Crippen LogP contribution is -2.24. The monoisotopic (exact) mass is 332 g/mol. The van der Waals surface area contributed by atoms with Crippen LogP contribution in [0.3, 0.4) is 0 Å². The standard InChI is InChI=1S/C16H13FN2O3S/c17-13-6-2-1-4-11(13)10-19-23(21,22)15-8-7-14(20)16-12(15)5-3-9-18-16/h1-9,19-20H,10H2. The van der Waals surface area contributed by atoms with Gasteiger partial charge in [-0.2, -0.15) is 0 Å². The van der Waals surface area contributed by atoms with Crippen LogP contribution in [0.1, 0.15) is 5.56 Å². The van der Waals surface area contributed by atoms with Gasteiger partial charge in [-0.15, -0.1) is 0 Å². The van der Waals surface area contributed by atoms with Crippen molar-refractivity contribution in [3.05, 3.63) is 66.1 Å². The Morgan fingerprint density at radius 3 is 2.65 bits per heavy atom. The van der Waals surface area contributed by atoms with Crippen molar-refractivity contribution in [1.29, 1.82) is 0 Å².